The minimum atomic E-state index is 0.560. The molecule has 2 rings (SSSR count). The lowest BCUT2D eigenvalue weighted by molar-refractivity contribution is 0.0583. The first-order valence-electron chi connectivity index (χ1n) is 5.53. The number of nitrogens with zero attached hydrogens (tertiary/aromatic N) is 1. The SMILES string of the molecule is CN1CC2CC(C)(C)CC1C2(C)C. The molecule has 1 aliphatic carbocycles. The maximum absolute atomic E-state index is 2.58. The predicted octanol–water partition coefficient (Wildman–Crippen LogP) is 2.76. The summed E-state index contributed by atoms with van der Waals surface area (Å²) in [6.45, 7) is 11.1. The molecule has 1 heteroatoms. The number of hydrogen-bond donors (Lipinski definition) is 0. The van der Waals surface area contributed by atoms with Crippen molar-refractivity contribution in [3.8, 4) is 0 Å². The standard InChI is InChI=1S/C12H23N/c1-11(2)6-9-8-13(5)10(7-11)12(9,3)4/h9-10H,6-8H2,1-5H3. The van der Waals surface area contributed by atoms with Crippen molar-refractivity contribution in [2.75, 3.05) is 13.6 Å². The van der Waals surface area contributed by atoms with Crippen molar-refractivity contribution in [3.63, 3.8) is 0 Å². The minimum absolute atomic E-state index is 0.560. The molecule has 76 valence electrons. The first-order chi connectivity index (χ1) is 5.83. The molecule has 0 radical (unpaired) electrons. The van der Waals surface area contributed by atoms with Crippen LogP contribution in [-0.2, 0) is 0 Å². The van der Waals surface area contributed by atoms with Crippen LogP contribution in [0.3, 0.4) is 0 Å². The van der Waals surface area contributed by atoms with Gasteiger partial charge in [0.25, 0.3) is 0 Å². The van der Waals surface area contributed by atoms with Gasteiger partial charge in [0.15, 0.2) is 0 Å². The molecule has 0 amide bonds. The maximum Gasteiger partial charge on any atom is 0.0152 e. The van der Waals surface area contributed by atoms with Gasteiger partial charge >= 0.3 is 0 Å². The Morgan fingerprint density at radius 3 is 2.23 bits per heavy atom. The first kappa shape index (κ1) is 9.51. The summed E-state index contributed by atoms with van der Waals surface area (Å²) >= 11 is 0. The summed E-state index contributed by atoms with van der Waals surface area (Å²) in [4.78, 5) is 2.58. The highest BCUT2D eigenvalue weighted by Crippen LogP contribution is 2.54. The minimum Gasteiger partial charge on any atom is -0.303 e. The Morgan fingerprint density at radius 2 is 1.69 bits per heavy atom. The second-order valence-corrected chi connectivity index (χ2v) is 6.55. The fraction of sp³-hybridized carbons (Fsp3) is 1.00. The molecule has 2 bridgehead atoms. The number of likely N-dealkylation sites (tertiary alicyclic amines) is 1. The van der Waals surface area contributed by atoms with E-state index in [-0.39, 0.29) is 0 Å². The third-order valence-corrected chi connectivity index (χ3v) is 4.50. The highest BCUT2D eigenvalue weighted by molar-refractivity contribution is 5.05. The van der Waals surface area contributed by atoms with Crippen LogP contribution < -0.4 is 0 Å². The smallest absolute Gasteiger partial charge is 0.0152 e. The zero-order valence-electron chi connectivity index (χ0n) is 9.72. The molecule has 2 aliphatic rings. The van der Waals surface area contributed by atoms with Crippen LogP contribution in [-0.4, -0.2) is 24.5 Å². The number of fused-ring (bicyclic) bond motifs is 2. The average Bonchev–Trinajstić information content (AvgIpc) is 2.15. The normalized spacial score (nSPS) is 42.2. The number of rotatable bonds is 0. The summed E-state index contributed by atoms with van der Waals surface area (Å²) in [5.74, 6) is 0.922. The van der Waals surface area contributed by atoms with Gasteiger partial charge in [0.2, 0.25) is 0 Å². The average molecular weight is 181 g/mol. The second-order valence-electron chi connectivity index (χ2n) is 6.55. The molecular weight excluding hydrogens is 158 g/mol. The van der Waals surface area contributed by atoms with Crippen molar-refractivity contribution < 1.29 is 0 Å². The zero-order valence-corrected chi connectivity index (χ0v) is 9.72. The van der Waals surface area contributed by atoms with Gasteiger partial charge in [-0.25, -0.2) is 0 Å². The molecule has 1 heterocycles. The summed E-state index contributed by atoms with van der Waals surface area (Å²) in [7, 11) is 2.30. The molecule has 1 saturated carbocycles. The molecule has 13 heavy (non-hydrogen) atoms. The predicted molar refractivity (Wildman–Crippen MR) is 56.7 cm³/mol. The van der Waals surface area contributed by atoms with Gasteiger partial charge in [-0.05, 0) is 36.6 Å². The lowest BCUT2D eigenvalue weighted by atomic mass is 9.60. The largest absolute Gasteiger partial charge is 0.303 e. The van der Waals surface area contributed by atoms with Crippen LogP contribution in [0.1, 0.15) is 40.5 Å². The molecule has 0 spiro atoms. The Hall–Kier alpha value is -0.0400. The lowest BCUT2D eigenvalue weighted by Gasteiger charge is -2.45. The molecule has 0 aromatic carbocycles. The molecule has 0 N–H and O–H groups in total. The van der Waals surface area contributed by atoms with Gasteiger partial charge in [0, 0.05) is 12.6 Å². The molecule has 2 fully saturated rings. The molecule has 0 aromatic heterocycles. The fourth-order valence-corrected chi connectivity index (χ4v) is 3.57. The first-order valence-corrected chi connectivity index (χ1v) is 5.53. The molecule has 0 aromatic rings. The quantitative estimate of drug-likeness (QED) is 0.555. The molecule has 1 nitrogen and oxygen atoms in total. The molecular formula is C12H23N. The van der Waals surface area contributed by atoms with Crippen LogP contribution in [0.15, 0.2) is 0 Å². The van der Waals surface area contributed by atoms with Gasteiger partial charge in [0.1, 0.15) is 0 Å². The monoisotopic (exact) mass is 181 g/mol. The Morgan fingerprint density at radius 1 is 1.08 bits per heavy atom. The topological polar surface area (TPSA) is 3.24 Å². The molecule has 1 saturated heterocycles. The van der Waals surface area contributed by atoms with Crippen molar-refractivity contribution >= 4 is 0 Å². The van der Waals surface area contributed by atoms with Crippen molar-refractivity contribution in [2.45, 2.75) is 46.6 Å². The van der Waals surface area contributed by atoms with Gasteiger partial charge in [-0.1, -0.05) is 27.7 Å². The summed E-state index contributed by atoms with van der Waals surface area (Å²) in [5.41, 5.74) is 1.14. The van der Waals surface area contributed by atoms with Gasteiger partial charge in [-0.2, -0.15) is 0 Å². The number of hydrogen-bond acceptors (Lipinski definition) is 1. The third-order valence-electron chi connectivity index (χ3n) is 4.50. The Balaban J connectivity index is 2.28. The fourth-order valence-electron chi connectivity index (χ4n) is 3.57. The van der Waals surface area contributed by atoms with Gasteiger partial charge < -0.3 is 4.90 Å². The highest BCUT2D eigenvalue weighted by Gasteiger charge is 2.52. The summed E-state index contributed by atoms with van der Waals surface area (Å²) in [6, 6.07) is 0.821. The van der Waals surface area contributed by atoms with E-state index in [4.69, 9.17) is 0 Å². The van der Waals surface area contributed by atoms with Crippen LogP contribution in [0.2, 0.25) is 0 Å². The van der Waals surface area contributed by atoms with Crippen LogP contribution in [0.4, 0.5) is 0 Å². The third kappa shape index (κ3) is 1.32. The molecule has 2 atom stereocenters. The van der Waals surface area contributed by atoms with E-state index >= 15 is 0 Å². The summed E-state index contributed by atoms with van der Waals surface area (Å²) < 4.78 is 0. The maximum atomic E-state index is 2.58. The van der Waals surface area contributed by atoms with Crippen LogP contribution in [0.5, 0.6) is 0 Å². The second kappa shape index (κ2) is 2.50. The van der Waals surface area contributed by atoms with Gasteiger partial charge in [-0.15, -0.1) is 0 Å². The van der Waals surface area contributed by atoms with E-state index < -0.39 is 0 Å². The molecule has 2 unspecified atom stereocenters. The van der Waals surface area contributed by atoms with E-state index in [2.05, 4.69) is 39.6 Å². The summed E-state index contributed by atoms with van der Waals surface area (Å²) in [6.07, 6.45) is 2.80. The van der Waals surface area contributed by atoms with Crippen molar-refractivity contribution in [2.24, 2.45) is 16.7 Å². The van der Waals surface area contributed by atoms with Crippen LogP contribution >= 0.6 is 0 Å². The van der Waals surface area contributed by atoms with E-state index in [0.717, 1.165) is 12.0 Å². The van der Waals surface area contributed by atoms with E-state index in [1.165, 1.54) is 19.4 Å². The van der Waals surface area contributed by atoms with E-state index in [0.29, 0.717) is 10.8 Å². The Kier molecular flexibility index (Phi) is 1.83. The van der Waals surface area contributed by atoms with Crippen molar-refractivity contribution in [1.29, 1.82) is 0 Å². The van der Waals surface area contributed by atoms with Crippen LogP contribution in [0.25, 0.3) is 0 Å². The van der Waals surface area contributed by atoms with E-state index in [1.807, 2.05) is 0 Å². The van der Waals surface area contributed by atoms with Gasteiger partial charge in [0.05, 0.1) is 0 Å². The highest BCUT2D eigenvalue weighted by atomic mass is 15.2. The lowest BCUT2D eigenvalue weighted by Crippen LogP contribution is -2.43. The van der Waals surface area contributed by atoms with Gasteiger partial charge in [-0.3, -0.25) is 0 Å². The Bertz CT molecular complexity index is 217. The van der Waals surface area contributed by atoms with E-state index in [9.17, 15) is 0 Å². The van der Waals surface area contributed by atoms with Crippen LogP contribution in [0, 0.1) is 16.7 Å². The van der Waals surface area contributed by atoms with Crippen molar-refractivity contribution in [1.82, 2.24) is 4.90 Å². The van der Waals surface area contributed by atoms with Crippen molar-refractivity contribution in [3.05, 3.63) is 0 Å². The summed E-state index contributed by atoms with van der Waals surface area (Å²) in [5, 5.41) is 0. The zero-order chi connectivity index (χ0) is 9.85. The Labute approximate surface area is 82.5 Å². The molecule has 1 aliphatic heterocycles. The van der Waals surface area contributed by atoms with E-state index in [1.54, 1.807) is 0 Å².